The number of ether oxygens (including phenoxy) is 1. The smallest absolute Gasteiger partial charge is 0.121 e. The SMILES string of the molecule is COc1ccc2c(c1)nc(Cc1ccccc1CN)n2C. The first-order chi connectivity index (χ1) is 10.2. The van der Waals surface area contributed by atoms with Crippen LogP contribution in [0.4, 0.5) is 0 Å². The van der Waals surface area contributed by atoms with E-state index >= 15 is 0 Å². The molecule has 108 valence electrons. The molecule has 2 N–H and O–H groups in total. The standard InChI is InChI=1S/C17H19N3O/c1-20-16-8-7-14(21-2)10-15(16)19-17(20)9-12-5-3-4-6-13(12)11-18/h3-8,10H,9,11,18H2,1-2H3. The van der Waals surface area contributed by atoms with Gasteiger partial charge < -0.3 is 15.0 Å². The minimum atomic E-state index is 0.550. The van der Waals surface area contributed by atoms with E-state index in [1.165, 1.54) is 11.1 Å². The van der Waals surface area contributed by atoms with Gasteiger partial charge in [0.1, 0.15) is 11.6 Å². The highest BCUT2D eigenvalue weighted by atomic mass is 16.5. The minimum absolute atomic E-state index is 0.550. The van der Waals surface area contributed by atoms with Crippen molar-refractivity contribution in [1.82, 2.24) is 9.55 Å². The average Bonchev–Trinajstić information content (AvgIpc) is 2.83. The normalized spacial score (nSPS) is 11.0. The number of methoxy groups -OCH3 is 1. The molecule has 0 aliphatic rings. The Hall–Kier alpha value is -2.33. The van der Waals surface area contributed by atoms with Crippen LogP contribution >= 0.6 is 0 Å². The van der Waals surface area contributed by atoms with Crippen molar-refractivity contribution in [3.63, 3.8) is 0 Å². The van der Waals surface area contributed by atoms with Crippen molar-refractivity contribution in [2.24, 2.45) is 12.8 Å². The van der Waals surface area contributed by atoms with Gasteiger partial charge in [0.05, 0.1) is 18.1 Å². The largest absolute Gasteiger partial charge is 0.497 e. The molecule has 0 spiro atoms. The number of rotatable bonds is 4. The van der Waals surface area contributed by atoms with Gasteiger partial charge >= 0.3 is 0 Å². The molecule has 0 saturated heterocycles. The summed E-state index contributed by atoms with van der Waals surface area (Å²) in [7, 11) is 3.71. The molecular formula is C17H19N3O. The van der Waals surface area contributed by atoms with E-state index in [9.17, 15) is 0 Å². The van der Waals surface area contributed by atoms with E-state index in [0.29, 0.717) is 6.54 Å². The van der Waals surface area contributed by atoms with Crippen LogP contribution in [-0.4, -0.2) is 16.7 Å². The molecule has 0 atom stereocenters. The van der Waals surface area contributed by atoms with Crippen LogP contribution in [0.15, 0.2) is 42.5 Å². The van der Waals surface area contributed by atoms with Crippen LogP contribution in [0.1, 0.15) is 17.0 Å². The molecule has 0 radical (unpaired) electrons. The second-order valence-corrected chi connectivity index (χ2v) is 5.09. The van der Waals surface area contributed by atoms with Gasteiger partial charge in [-0.1, -0.05) is 24.3 Å². The van der Waals surface area contributed by atoms with E-state index < -0.39 is 0 Å². The molecule has 1 heterocycles. The predicted octanol–water partition coefficient (Wildman–Crippen LogP) is 2.63. The summed E-state index contributed by atoms with van der Waals surface area (Å²) < 4.78 is 7.39. The summed E-state index contributed by atoms with van der Waals surface area (Å²) in [5, 5.41) is 0. The number of aromatic nitrogens is 2. The lowest BCUT2D eigenvalue weighted by Gasteiger charge is -2.07. The van der Waals surface area contributed by atoms with Crippen molar-refractivity contribution in [3.8, 4) is 5.75 Å². The Morgan fingerprint density at radius 2 is 1.90 bits per heavy atom. The monoisotopic (exact) mass is 281 g/mol. The lowest BCUT2D eigenvalue weighted by molar-refractivity contribution is 0.415. The van der Waals surface area contributed by atoms with Gasteiger partial charge in [0.15, 0.2) is 0 Å². The van der Waals surface area contributed by atoms with Crippen LogP contribution in [-0.2, 0) is 20.0 Å². The Bertz CT molecular complexity index is 777. The highest BCUT2D eigenvalue weighted by molar-refractivity contribution is 5.77. The van der Waals surface area contributed by atoms with Crippen LogP contribution in [0.25, 0.3) is 11.0 Å². The predicted molar refractivity (Wildman–Crippen MR) is 84.4 cm³/mol. The fraction of sp³-hybridized carbons (Fsp3) is 0.235. The Labute approximate surface area is 124 Å². The van der Waals surface area contributed by atoms with E-state index in [0.717, 1.165) is 29.0 Å². The number of benzene rings is 2. The number of nitrogens with zero attached hydrogens (tertiary/aromatic N) is 2. The third-order valence-corrected chi connectivity index (χ3v) is 3.87. The number of hydrogen-bond acceptors (Lipinski definition) is 3. The Morgan fingerprint density at radius 3 is 2.62 bits per heavy atom. The maximum absolute atomic E-state index is 5.81. The summed E-state index contributed by atoms with van der Waals surface area (Å²) in [6.45, 7) is 0.550. The van der Waals surface area contributed by atoms with Crippen LogP contribution in [0, 0.1) is 0 Å². The Balaban J connectivity index is 2.02. The van der Waals surface area contributed by atoms with E-state index in [1.807, 2.05) is 37.4 Å². The lowest BCUT2D eigenvalue weighted by Crippen LogP contribution is -2.05. The van der Waals surface area contributed by atoms with E-state index in [4.69, 9.17) is 15.5 Å². The van der Waals surface area contributed by atoms with Crippen molar-refractivity contribution in [1.29, 1.82) is 0 Å². The second-order valence-electron chi connectivity index (χ2n) is 5.09. The zero-order chi connectivity index (χ0) is 14.8. The van der Waals surface area contributed by atoms with Gasteiger partial charge in [-0.25, -0.2) is 4.98 Å². The molecule has 0 saturated carbocycles. The molecule has 0 unspecified atom stereocenters. The number of aryl methyl sites for hydroxylation is 1. The number of nitrogens with two attached hydrogens (primary N) is 1. The third-order valence-electron chi connectivity index (χ3n) is 3.87. The van der Waals surface area contributed by atoms with Gasteiger partial charge in [-0.3, -0.25) is 0 Å². The summed E-state index contributed by atoms with van der Waals surface area (Å²) in [5.74, 6) is 1.86. The van der Waals surface area contributed by atoms with Gasteiger partial charge in [-0.15, -0.1) is 0 Å². The number of imidazole rings is 1. The maximum atomic E-state index is 5.81. The van der Waals surface area contributed by atoms with Gasteiger partial charge in [-0.2, -0.15) is 0 Å². The van der Waals surface area contributed by atoms with Gasteiger partial charge in [0, 0.05) is 26.1 Å². The Morgan fingerprint density at radius 1 is 1.14 bits per heavy atom. The fourth-order valence-corrected chi connectivity index (χ4v) is 2.61. The fourth-order valence-electron chi connectivity index (χ4n) is 2.61. The zero-order valence-electron chi connectivity index (χ0n) is 12.3. The minimum Gasteiger partial charge on any atom is -0.497 e. The van der Waals surface area contributed by atoms with Crippen LogP contribution in [0.2, 0.25) is 0 Å². The van der Waals surface area contributed by atoms with E-state index in [-0.39, 0.29) is 0 Å². The molecule has 3 aromatic rings. The molecule has 0 amide bonds. The first kappa shape index (κ1) is 13.6. The van der Waals surface area contributed by atoms with Crippen LogP contribution in [0.3, 0.4) is 0 Å². The molecule has 0 bridgehead atoms. The molecule has 0 aliphatic carbocycles. The topological polar surface area (TPSA) is 53.1 Å². The first-order valence-corrected chi connectivity index (χ1v) is 6.99. The van der Waals surface area contributed by atoms with E-state index in [1.54, 1.807) is 7.11 Å². The molecule has 4 nitrogen and oxygen atoms in total. The molecule has 1 aromatic heterocycles. The van der Waals surface area contributed by atoms with Crippen molar-refractivity contribution in [2.45, 2.75) is 13.0 Å². The maximum Gasteiger partial charge on any atom is 0.121 e. The number of hydrogen-bond donors (Lipinski definition) is 1. The number of fused-ring (bicyclic) bond motifs is 1. The summed E-state index contributed by atoms with van der Waals surface area (Å²) in [4.78, 5) is 4.73. The molecule has 4 heteroatoms. The van der Waals surface area contributed by atoms with Crippen molar-refractivity contribution in [2.75, 3.05) is 7.11 Å². The quantitative estimate of drug-likeness (QED) is 0.800. The summed E-state index contributed by atoms with van der Waals surface area (Å²) in [5.41, 5.74) is 10.3. The highest BCUT2D eigenvalue weighted by Gasteiger charge is 2.10. The first-order valence-electron chi connectivity index (χ1n) is 6.99. The van der Waals surface area contributed by atoms with Gasteiger partial charge in [-0.05, 0) is 23.3 Å². The van der Waals surface area contributed by atoms with Crippen molar-refractivity contribution >= 4 is 11.0 Å². The summed E-state index contributed by atoms with van der Waals surface area (Å²) in [6.07, 6.45) is 0.779. The molecule has 21 heavy (non-hydrogen) atoms. The second kappa shape index (κ2) is 5.58. The summed E-state index contributed by atoms with van der Waals surface area (Å²) >= 11 is 0. The van der Waals surface area contributed by atoms with Crippen LogP contribution < -0.4 is 10.5 Å². The lowest BCUT2D eigenvalue weighted by atomic mass is 10.0. The summed E-state index contributed by atoms with van der Waals surface area (Å²) in [6, 6.07) is 14.2. The molecular weight excluding hydrogens is 262 g/mol. The van der Waals surface area contributed by atoms with Crippen LogP contribution in [0.5, 0.6) is 5.75 Å². The van der Waals surface area contributed by atoms with Gasteiger partial charge in [0.25, 0.3) is 0 Å². The zero-order valence-corrected chi connectivity index (χ0v) is 12.3. The van der Waals surface area contributed by atoms with E-state index in [2.05, 4.69) is 16.7 Å². The molecule has 3 rings (SSSR count). The molecule has 2 aromatic carbocycles. The molecule has 0 aliphatic heterocycles. The van der Waals surface area contributed by atoms with Crippen molar-refractivity contribution < 1.29 is 4.74 Å². The Kier molecular flexibility index (Phi) is 3.62. The molecule has 0 fully saturated rings. The van der Waals surface area contributed by atoms with Crippen molar-refractivity contribution in [3.05, 3.63) is 59.4 Å². The third kappa shape index (κ3) is 2.50. The average molecular weight is 281 g/mol. The highest BCUT2D eigenvalue weighted by Crippen LogP contribution is 2.22. The van der Waals surface area contributed by atoms with Gasteiger partial charge in [0.2, 0.25) is 0 Å².